The third kappa shape index (κ3) is 2.21. The number of thiophene rings is 1. The molecule has 2 rings (SSSR count). The Morgan fingerprint density at radius 1 is 1.67 bits per heavy atom. The fraction of sp³-hybridized carbons (Fsp3) is 0.545. The van der Waals surface area contributed by atoms with Gasteiger partial charge in [0.15, 0.2) is 0 Å². The second-order valence-electron chi connectivity index (χ2n) is 4.04. The lowest BCUT2D eigenvalue weighted by molar-refractivity contribution is 0.0713. The van der Waals surface area contributed by atoms with Gasteiger partial charge >= 0.3 is 0 Å². The molecule has 1 aliphatic heterocycles. The zero-order valence-corrected chi connectivity index (χ0v) is 9.93. The van der Waals surface area contributed by atoms with Crippen LogP contribution >= 0.6 is 11.3 Å². The summed E-state index contributed by atoms with van der Waals surface area (Å²) in [4.78, 5) is 15.0. The van der Waals surface area contributed by atoms with Gasteiger partial charge in [-0.25, -0.2) is 0 Å². The van der Waals surface area contributed by atoms with Crippen molar-refractivity contribution in [3.8, 4) is 0 Å². The molecule has 0 aliphatic carbocycles. The van der Waals surface area contributed by atoms with Crippen molar-refractivity contribution >= 4 is 17.2 Å². The Bertz CT molecular complexity index is 361. The summed E-state index contributed by atoms with van der Waals surface area (Å²) in [5.74, 6) is 0.191. The molecule has 1 saturated heterocycles. The first-order chi connectivity index (χ1) is 7.18. The van der Waals surface area contributed by atoms with Crippen LogP contribution in [0.15, 0.2) is 11.4 Å². The highest BCUT2D eigenvalue weighted by Crippen LogP contribution is 2.18. The van der Waals surface area contributed by atoms with Crippen LogP contribution in [0.1, 0.15) is 22.2 Å². The SMILES string of the molecule is Cc1ccsc1C(=O)N1CCN[C@@H](C)C1. The van der Waals surface area contributed by atoms with Gasteiger partial charge in [0.25, 0.3) is 5.91 Å². The van der Waals surface area contributed by atoms with Gasteiger partial charge in [-0.3, -0.25) is 4.79 Å². The lowest BCUT2D eigenvalue weighted by atomic mass is 10.2. The molecule has 82 valence electrons. The fourth-order valence-corrected chi connectivity index (χ4v) is 2.74. The van der Waals surface area contributed by atoms with E-state index in [1.165, 1.54) is 0 Å². The van der Waals surface area contributed by atoms with Crippen LogP contribution in [0, 0.1) is 6.92 Å². The van der Waals surface area contributed by atoms with E-state index < -0.39 is 0 Å². The van der Waals surface area contributed by atoms with E-state index in [2.05, 4.69) is 12.2 Å². The Labute approximate surface area is 94.1 Å². The number of carbonyl (C=O) groups excluding carboxylic acids is 1. The molecule has 0 saturated carbocycles. The minimum Gasteiger partial charge on any atom is -0.335 e. The highest BCUT2D eigenvalue weighted by atomic mass is 32.1. The van der Waals surface area contributed by atoms with E-state index in [0.29, 0.717) is 6.04 Å². The van der Waals surface area contributed by atoms with Crippen LogP contribution in [0.5, 0.6) is 0 Å². The van der Waals surface area contributed by atoms with Crippen molar-refractivity contribution in [2.24, 2.45) is 0 Å². The monoisotopic (exact) mass is 224 g/mol. The summed E-state index contributed by atoms with van der Waals surface area (Å²) in [5, 5.41) is 5.32. The first kappa shape index (κ1) is 10.6. The van der Waals surface area contributed by atoms with E-state index in [0.717, 1.165) is 30.1 Å². The quantitative estimate of drug-likeness (QED) is 0.784. The van der Waals surface area contributed by atoms with Crippen LogP contribution in [0.25, 0.3) is 0 Å². The summed E-state index contributed by atoms with van der Waals surface area (Å²) in [6.45, 7) is 6.64. The molecule has 4 heteroatoms. The molecule has 1 amide bonds. The van der Waals surface area contributed by atoms with Crippen molar-refractivity contribution in [3.05, 3.63) is 21.9 Å². The normalized spacial score (nSPS) is 21.7. The molecule has 15 heavy (non-hydrogen) atoms. The van der Waals surface area contributed by atoms with E-state index in [4.69, 9.17) is 0 Å². The molecule has 0 unspecified atom stereocenters. The number of carbonyl (C=O) groups is 1. The Balaban J connectivity index is 2.11. The van der Waals surface area contributed by atoms with Crippen molar-refractivity contribution in [3.63, 3.8) is 0 Å². The van der Waals surface area contributed by atoms with Crippen molar-refractivity contribution in [2.45, 2.75) is 19.9 Å². The largest absolute Gasteiger partial charge is 0.335 e. The zero-order valence-electron chi connectivity index (χ0n) is 9.12. The molecule has 1 aromatic heterocycles. The molecule has 1 atom stereocenters. The van der Waals surface area contributed by atoms with Crippen LogP contribution in [0.4, 0.5) is 0 Å². The molecule has 1 N–H and O–H groups in total. The van der Waals surface area contributed by atoms with Gasteiger partial charge in [-0.15, -0.1) is 11.3 Å². The highest BCUT2D eigenvalue weighted by molar-refractivity contribution is 7.12. The summed E-state index contributed by atoms with van der Waals surface area (Å²) in [5.41, 5.74) is 1.09. The van der Waals surface area contributed by atoms with Crippen molar-refractivity contribution in [1.29, 1.82) is 0 Å². The van der Waals surface area contributed by atoms with Gasteiger partial charge in [0.1, 0.15) is 0 Å². The van der Waals surface area contributed by atoms with Crippen molar-refractivity contribution in [2.75, 3.05) is 19.6 Å². The van der Waals surface area contributed by atoms with E-state index in [1.807, 2.05) is 23.3 Å². The molecular weight excluding hydrogens is 208 g/mol. The summed E-state index contributed by atoms with van der Waals surface area (Å²) in [7, 11) is 0. The van der Waals surface area contributed by atoms with Crippen LogP contribution in [-0.4, -0.2) is 36.5 Å². The maximum absolute atomic E-state index is 12.1. The van der Waals surface area contributed by atoms with Crippen LogP contribution in [-0.2, 0) is 0 Å². The highest BCUT2D eigenvalue weighted by Gasteiger charge is 2.23. The Kier molecular flexibility index (Phi) is 3.07. The standard InChI is InChI=1S/C11H16N2OS/c1-8-3-6-15-10(8)11(14)13-5-4-12-9(2)7-13/h3,6,9,12H,4-5,7H2,1-2H3/t9-/m0/s1. The van der Waals surface area contributed by atoms with Gasteiger partial charge in [0, 0.05) is 25.7 Å². The molecule has 0 spiro atoms. The average molecular weight is 224 g/mol. The summed E-state index contributed by atoms with van der Waals surface area (Å²) < 4.78 is 0. The molecule has 0 aromatic carbocycles. The Morgan fingerprint density at radius 2 is 2.47 bits per heavy atom. The number of aryl methyl sites for hydroxylation is 1. The molecule has 1 aliphatic rings. The van der Waals surface area contributed by atoms with E-state index in [9.17, 15) is 4.79 Å². The third-order valence-electron chi connectivity index (χ3n) is 2.71. The fourth-order valence-electron chi connectivity index (χ4n) is 1.85. The van der Waals surface area contributed by atoms with Crippen molar-refractivity contribution < 1.29 is 4.79 Å². The Morgan fingerprint density at radius 3 is 3.07 bits per heavy atom. The van der Waals surface area contributed by atoms with Gasteiger partial charge in [-0.05, 0) is 30.9 Å². The van der Waals surface area contributed by atoms with Crippen LogP contribution < -0.4 is 5.32 Å². The van der Waals surface area contributed by atoms with Gasteiger partial charge in [-0.2, -0.15) is 0 Å². The predicted octanol–water partition coefficient (Wildman–Crippen LogP) is 1.49. The minimum absolute atomic E-state index is 0.191. The van der Waals surface area contributed by atoms with Gasteiger partial charge < -0.3 is 10.2 Å². The lowest BCUT2D eigenvalue weighted by Crippen LogP contribution is -2.51. The number of amides is 1. The summed E-state index contributed by atoms with van der Waals surface area (Å²) >= 11 is 1.54. The molecule has 0 radical (unpaired) electrons. The van der Waals surface area contributed by atoms with Gasteiger partial charge in [-0.1, -0.05) is 0 Å². The van der Waals surface area contributed by atoms with Gasteiger partial charge in [0.2, 0.25) is 0 Å². The van der Waals surface area contributed by atoms with Crippen LogP contribution in [0.2, 0.25) is 0 Å². The minimum atomic E-state index is 0.191. The van der Waals surface area contributed by atoms with Crippen molar-refractivity contribution in [1.82, 2.24) is 10.2 Å². The summed E-state index contributed by atoms with van der Waals surface area (Å²) in [6.07, 6.45) is 0. The second kappa shape index (κ2) is 4.33. The predicted molar refractivity (Wildman–Crippen MR) is 62.4 cm³/mol. The topological polar surface area (TPSA) is 32.3 Å². The maximum atomic E-state index is 12.1. The molecule has 1 fully saturated rings. The average Bonchev–Trinajstić information content (AvgIpc) is 2.63. The second-order valence-corrected chi connectivity index (χ2v) is 4.96. The van der Waals surface area contributed by atoms with E-state index in [-0.39, 0.29) is 5.91 Å². The lowest BCUT2D eigenvalue weighted by Gasteiger charge is -2.31. The first-order valence-electron chi connectivity index (χ1n) is 5.25. The molecular formula is C11H16N2OS. The number of piperazine rings is 1. The number of rotatable bonds is 1. The number of nitrogens with zero attached hydrogens (tertiary/aromatic N) is 1. The number of hydrogen-bond acceptors (Lipinski definition) is 3. The molecule has 1 aromatic rings. The smallest absolute Gasteiger partial charge is 0.264 e. The van der Waals surface area contributed by atoms with Crippen LogP contribution in [0.3, 0.4) is 0 Å². The molecule has 2 heterocycles. The number of hydrogen-bond donors (Lipinski definition) is 1. The zero-order chi connectivity index (χ0) is 10.8. The molecule has 3 nitrogen and oxygen atoms in total. The molecule has 0 bridgehead atoms. The van der Waals surface area contributed by atoms with E-state index in [1.54, 1.807) is 11.3 Å². The first-order valence-corrected chi connectivity index (χ1v) is 6.13. The maximum Gasteiger partial charge on any atom is 0.264 e. The van der Waals surface area contributed by atoms with Gasteiger partial charge in [0.05, 0.1) is 4.88 Å². The number of nitrogens with one attached hydrogen (secondary N) is 1. The van der Waals surface area contributed by atoms with E-state index >= 15 is 0 Å². The Hall–Kier alpha value is -0.870. The third-order valence-corrected chi connectivity index (χ3v) is 3.72. The summed E-state index contributed by atoms with van der Waals surface area (Å²) in [6, 6.07) is 2.41.